The van der Waals surface area contributed by atoms with Gasteiger partial charge in [0.15, 0.2) is 0 Å². The first-order valence-electron chi connectivity index (χ1n) is 13.4. The lowest BCUT2D eigenvalue weighted by Crippen LogP contribution is -2.18. The van der Waals surface area contributed by atoms with Crippen molar-refractivity contribution in [1.29, 1.82) is 0 Å². The van der Waals surface area contributed by atoms with Crippen molar-refractivity contribution in [3.8, 4) is 201 Å². The van der Waals surface area contributed by atoms with E-state index in [0.717, 1.165) is 28.5 Å². The highest BCUT2D eigenvalue weighted by Crippen LogP contribution is 2.48. The molecule has 3 rings (SSSR count). The Bertz CT molecular complexity index is 2740. The van der Waals surface area contributed by atoms with Crippen molar-refractivity contribution in [2.45, 2.75) is 12.3 Å². The second-order valence-corrected chi connectivity index (χ2v) is 8.49. The molecule has 0 radical (unpaired) electrons. The van der Waals surface area contributed by atoms with E-state index in [1.807, 2.05) is 43.3 Å². The summed E-state index contributed by atoms with van der Waals surface area (Å²) in [5.41, 5.74) is 4.24. The summed E-state index contributed by atoms with van der Waals surface area (Å²) in [4.78, 5) is 11.4. The third-order valence-corrected chi connectivity index (χ3v) is 5.61. The second kappa shape index (κ2) is 20.1. The number of terminal acetylenes is 1. The van der Waals surface area contributed by atoms with E-state index >= 15 is 0 Å². The minimum Gasteiger partial charge on any atom is -0.298 e. The number of carbonyl (C=O) groups is 1. The molecular weight excluding hydrogens is 581 g/mol. The standard InChI is InChI=1S/C47H12O/c1-3-4-5-6-7-8-9-10-11-12-13-14-15-16-17-18-19-20-21-22-23-24-25-26-27-28-29-30-31-34-39-47(2)45-36-33-32-35-43(45)44-38-37-42(41-48)40-46(44)47/h1,32-33,35-38,40-41H,2H3. The van der Waals surface area contributed by atoms with Gasteiger partial charge in [0.1, 0.15) is 6.29 Å². The van der Waals surface area contributed by atoms with E-state index in [-0.39, 0.29) is 0 Å². The van der Waals surface area contributed by atoms with Crippen LogP contribution < -0.4 is 0 Å². The van der Waals surface area contributed by atoms with Crippen LogP contribution in [0.15, 0.2) is 42.5 Å². The number of fused-ring (bicyclic) bond motifs is 3. The van der Waals surface area contributed by atoms with Gasteiger partial charge in [0, 0.05) is 88.4 Å². The fraction of sp³-hybridized carbons (Fsp3) is 0.0426. The molecule has 0 heterocycles. The van der Waals surface area contributed by atoms with Crippen LogP contribution in [0.2, 0.25) is 0 Å². The van der Waals surface area contributed by atoms with Gasteiger partial charge in [0.2, 0.25) is 0 Å². The molecule has 0 N–H and O–H groups in total. The number of benzene rings is 2. The van der Waals surface area contributed by atoms with Crippen LogP contribution in [0.5, 0.6) is 0 Å². The molecule has 0 spiro atoms. The molecule has 1 aliphatic rings. The molecule has 1 unspecified atom stereocenters. The maximum absolute atomic E-state index is 11.4. The minimum atomic E-state index is -0.592. The quantitative estimate of drug-likeness (QED) is 0.367. The van der Waals surface area contributed by atoms with E-state index in [2.05, 4.69) is 190 Å². The summed E-state index contributed by atoms with van der Waals surface area (Å²) in [6.07, 6.45) is 5.78. The molecule has 0 saturated carbocycles. The Hall–Kier alpha value is -8.93. The smallest absolute Gasteiger partial charge is 0.150 e. The highest BCUT2D eigenvalue weighted by molar-refractivity contribution is 5.86. The Labute approximate surface area is 282 Å². The molecule has 2 aromatic rings. The average molecular weight is 593 g/mol. The summed E-state index contributed by atoms with van der Waals surface area (Å²) in [6, 6.07) is 13.7. The summed E-state index contributed by atoms with van der Waals surface area (Å²) in [5, 5.41) is 0. The Balaban J connectivity index is 1.47. The van der Waals surface area contributed by atoms with E-state index in [1.165, 1.54) is 0 Å². The predicted molar refractivity (Wildman–Crippen MR) is 189 cm³/mol. The van der Waals surface area contributed by atoms with Crippen LogP contribution >= 0.6 is 0 Å². The van der Waals surface area contributed by atoms with Crippen molar-refractivity contribution < 1.29 is 4.79 Å². The van der Waals surface area contributed by atoms with Crippen molar-refractivity contribution in [2.75, 3.05) is 0 Å². The largest absolute Gasteiger partial charge is 0.298 e. The summed E-state index contributed by atoms with van der Waals surface area (Å²) in [5.74, 6) is 78.9. The van der Waals surface area contributed by atoms with Gasteiger partial charge in [-0.2, -0.15) is 0 Å². The highest BCUT2D eigenvalue weighted by atomic mass is 16.1. The Kier molecular flexibility index (Phi) is 14.0. The van der Waals surface area contributed by atoms with Crippen molar-refractivity contribution in [2.24, 2.45) is 0 Å². The number of carbonyl (C=O) groups excluding carboxylic acids is 1. The lowest BCUT2D eigenvalue weighted by molar-refractivity contribution is 0.112. The van der Waals surface area contributed by atoms with Gasteiger partial charge in [0.25, 0.3) is 0 Å². The van der Waals surface area contributed by atoms with Crippen LogP contribution in [-0.4, -0.2) is 6.29 Å². The molecule has 206 valence electrons. The third-order valence-electron chi connectivity index (χ3n) is 5.61. The molecule has 0 aliphatic heterocycles. The zero-order valence-corrected chi connectivity index (χ0v) is 25.1. The third kappa shape index (κ3) is 11.0. The molecule has 2 aromatic carbocycles. The number of hydrogen-bond donors (Lipinski definition) is 0. The molecule has 0 fully saturated rings. The first-order chi connectivity index (χ1) is 23.7. The van der Waals surface area contributed by atoms with E-state index in [9.17, 15) is 4.79 Å². The fourth-order valence-electron chi connectivity index (χ4n) is 3.75. The molecule has 1 aliphatic carbocycles. The van der Waals surface area contributed by atoms with Gasteiger partial charge in [-0.1, -0.05) is 42.3 Å². The maximum atomic E-state index is 11.4. The lowest BCUT2D eigenvalue weighted by Gasteiger charge is -2.20. The number of rotatable bonds is 1. The SMILES string of the molecule is C#CC#CC#CC#CC#CC#CC#CC#CC#CC#CC#CC#CC#CC#CC#CC#CC1(C)c2ccccc2-c2ccc(C=O)cc21. The number of hydrogen-bond acceptors (Lipinski definition) is 1. The van der Waals surface area contributed by atoms with Gasteiger partial charge in [-0.3, -0.25) is 4.79 Å². The van der Waals surface area contributed by atoms with Crippen LogP contribution in [0.25, 0.3) is 11.1 Å². The summed E-state index contributed by atoms with van der Waals surface area (Å²) >= 11 is 0. The molecule has 48 heavy (non-hydrogen) atoms. The Morgan fingerprint density at radius 2 is 0.812 bits per heavy atom. The molecule has 0 saturated heterocycles. The summed E-state index contributed by atoms with van der Waals surface area (Å²) < 4.78 is 0. The Morgan fingerprint density at radius 3 is 1.21 bits per heavy atom. The molecule has 0 amide bonds. The molecule has 1 heteroatoms. The van der Waals surface area contributed by atoms with Crippen LogP contribution in [0.3, 0.4) is 0 Å². The van der Waals surface area contributed by atoms with Crippen LogP contribution in [0.1, 0.15) is 28.4 Å². The minimum absolute atomic E-state index is 0.592. The van der Waals surface area contributed by atoms with E-state index in [1.54, 1.807) is 0 Å². The molecule has 0 bridgehead atoms. The van der Waals surface area contributed by atoms with Gasteiger partial charge in [-0.05, 0) is 130 Å². The molecular formula is C47H12O. The first-order valence-corrected chi connectivity index (χ1v) is 13.4. The normalized spacial score (nSPS) is 9.92. The van der Waals surface area contributed by atoms with Crippen molar-refractivity contribution in [3.63, 3.8) is 0 Å². The van der Waals surface area contributed by atoms with E-state index in [0.29, 0.717) is 5.56 Å². The van der Waals surface area contributed by atoms with Gasteiger partial charge in [-0.25, -0.2) is 0 Å². The zero-order valence-electron chi connectivity index (χ0n) is 25.1. The van der Waals surface area contributed by atoms with Crippen molar-refractivity contribution >= 4 is 6.29 Å². The van der Waals surface area contributed by atoms with Crippen molar-refractivity contribution in [3.05, 3.63) is 59.2 Å². The van der Waals surface area contributed by atoms with Gasteiger partial charge in [0.05, 0.1) is 5.41 Å². The van der Waals surface area contributed by atoms with Crippen LogP contribution in [-0.2, 0) is 5.41 Å². The molecule has 1 nitrogen and oxygen atoms in total. The zero-order chi connectivity index (χ0) is 34.0. The van der Waals surface area contributed by atoms with E-state index in [4.69, 9.17) is 6.42 Å². The summed E-state index contributed by atoms with van der Waals surface area (Å²) in [6.45, 7) is 2.03. The maximum Gasteiger partial charge on any atom is 0.150 e. The van der Waals surface area contributed by atoms with Gasteiger partial charge in [-0.15, -0.1) is 6.42 Å². The monoisotopic (exact) mass is 592 g/mol. The second-order valence-electron chi connectivity index (χ2n) is 8.49. The first kappa shape index (κ1) is 33.6. The van der Waals surface area contributed by atoms with E-state index < -0.39 is 5.41 Å². The average Bonchev–Trinajstić information content (AvgIpc) is 3.36. The molecule has 0 aromatic heterocycles. The van der Waals surface area contributed by atoms with Gasteiger partial charge >= 0.3 is 0 Å². The number of aldehydes is 1. The lowest BCUT2D eigenvalue weighted by atomic mass is 9.80. The van der Waals surface area contributed by atoms with Crippen molar-refractivity contribution in [1.82, 2.24) is 0 Å². The van der Waals surface area contributed by atoms with Crippen LogP contribution in [0.4, 0.5) is 0 Å². The summed E-state index contributed by atoms with van der Waals surface area (Å²) in [7, 11) is 0. The molecule has 1 atom stereocenters. The topological polar surface area (TPSA) is 17.1 Å². The Morgan fingerprint density at radius 1 is 0.458 bits per heavy atom. The fourth-order valence-corrected chi connectivity index (χ4v) is 3.75. The highest BCUT2D eigenvalue weighted by Gasteiger charge is 2.38. The van der Waals surface area contributed by atoms with Crippen LogP contribution in [0, 0.1) is 190 Å². The van der Waals surface area contributed by atoms with Gasteiger partial charge < -0.3 is 0 Å². The predicted octanol–water partition coefficient (Wildman–Crippen LogP) is 3.47.